The molecule has 31 heavy (non-hydrogen) atoms. The summed E-state index contributed by atoms with van der Waals surface area (Å²) in [6.45, 7) is 4.28. The molecular weight excluding hydrogens is 393 g/mol. The summed E-state index contributed by atoms with van der Waals surface area (Å²) in [5, 5.41) is 9.77. The van der Waals surface area contributed by atoms with Crippen molar-refractivity contribution in [3.8, 4) is 29.0 Å². The Balaban J connectivity index is 1.90. The molecule has 0 bridgehead atoms. The molecule has 0 N–H and O–H groups in total. The second-order valence-electron chi connectivity index (χ2n) is 7.84. The number of nitriles is 1. The highest BCUT2D eigenvalue weighted by atomic mass is 31.1. The van der Waals surface area contributed by atoms with Crippen molar-refractivity contribution in [2.24, 2.45) is 0 Å². The summed E-state index contributed by atoms with van der Waals surface area (Å²) in [6.07, 6.45) is 5.54. The zero-order chi connectivity index (χ0) is 21.7. The molecular formula is C29H24NP. The highest BCUT2D eigenvalue weighted by Gasteiger charge is 2.29. The molecule has 1 aliphatic rings. The maximum Gasteiger partial charge on any atom is 0.0998 e. The predicted octanol–water partition coefficient (Wildman–Crippen LogP) is 6.98. The lowest BCUT2D eigenvalue weighted by Gasteiger charge is -2.28. The summed E-state index contributed by atoms with van der Waals surface area (Å²) in [7, 11) is 0.768. The van der Waals surface area contributed by atoms with E-state index in [4.69, 9.17) is 0 Å². The van der Waals surface area contributed by atoms with Crippen molar-refractivity contribution < 1.29 is 0 Å². The third-order valence-corrected chi connectivity index (χ3v) is 6.74. The minimum absolute atomic E-state index is 0.467. The summed E-state index contributed by atoms with van der Waals surface area (Å²) in [5.74, 6) is 9.30. The van der Waals surface area contributed by atoms with E-state index in [1.165, 1.54) is 5.57 Å². The SMILES string of the molecule is Cc1ccccc1-c1cc(C(C)(C#Cc2ccccc2)C2=CPCC=C2)ccc1C#N. The van der Waals surface area contributed by atoms with Gasteiger partial charge >= 0.3 is 0 Å². The molecule has 0 aromatic heterocycles. The molecule has 0 spiro atoms. The molecule has 1 aliphatic heterocycles. The number of nitrogens with zero attached hydrogens (tertiary/aromatic N) is 1. The van der Waals surface area contributed by atoms with Gasteiger partial charge in [0.05, 0.1) is 17.0 Å². The first-order chi connectivity index (χ1) is 15.1. The van der Waals surface area contributed by atoms with E-state index in [1.807, 2.05) is 48.5 Å². The van der Waals surface area contributed by atoms with Crippen LogP contribution in [0.3, 0.4) is 0 Å². The maximum absolute atomic E-state index is 9.77. The van der Waals surface area contributed by atoms with Crippen LogP contribution in [0, 0.1) is 30.1 Å². The number of hydrogen-bond donors (Lipinski definition) is 0. The van der Waals surface area contributed by atoms with Gasteiger partial charge in [0.1, 0.15) is 0 Å². The maximum atomic E-state index is 9.77. The largest absolute Gasteiger partial charge is 0.192 e. The van der Waals surface area contributed by atoms with E-state index in [2.05, 4.69) is 74.0 Å². The van der Waals surface area contributed by atoms with Gasteiger partial charge in [-0.2, -0.15) is 5.26 Å². The molecule has 2 unspecified atom stereocenters. The Labute approximate surface area is 186 Å². The second kappa shape index (κ2) is 9.18. The number of allylic oxidation sites excluding steroid dienone is 3. The molecule has 3 aromatic carbocycles. The van der Waals surface area contributed by atoms with E-state index < -0.39 is 5.41 Å². The molecule has 0 saturated heterocycles. The van der Waals surface area contributed by atoms with Gasteiger partial charge < -0.3 is 0 Å². The number of aryl methyl sites for hydroxylation is 1. The molecule has 2 heteroatoms. The minimum Gasteiger partial charge on any atom is -0.192 e. The van der Waals surface area contributed by atoms with Gasteiger partial charge in [0.25, 0.3) is 0 Å². The van der Waals surface area contributed by atoms with Gasteiger partial charge in [0, 0.05) is 11.1 Å². The van der Waals surface area contributed by atoms with Crippen LogP contribution in [0.25, 0.3) is 11.1 Å². The summed E-state index contributed by atoms with van der Waals surface area (Å²) in [6, 6.07) is 26.9. The van der Waals surface area contributed by atoms with Crippen molar-refractivity contribution in [3.05, 3.63) is 119 Å². The summed E-state index contributed by atoms with van der Waals surface area (Å²) >= 11 is 0. The molecule has 0 amide bonds. The van der Waals surface area contributed by atoms with Crippen molar-refractivity contribution in [2.75, 3.05) is 6.16 Å². The highest BCUT2D eigenvalue weighted by Crippen LogP contribution is 2.39. The molecule has 0 saturated carbocycles. The average molecular weight is 417 g/mol. The molecule has 0 radical (unpaired) electrons. The first-order valence-corrected chi connectivity index (χ1v) is 11.7. The lowest BCUT2D eigenvalue weighted by atomic mass is 9.75. The Morgan fingerprint density at radius 2 is 1.71 bits per heavy atom. The van der Waals surface area contributed by atoms with E-state index in [-0.39, 0.29) is 0 Å². The lowest BCUT2D eigenvalue weighted by molar-refractivity contribution is 0.753. The zero-order valence-corrected chi connectivity index (χ0v) is 18.8. The normalized spacial score (nSPS) is 15.3. The van der Waals surface area contributed by atoms with Crippen molar-refractivity contribution in [2.45, 2.75) is 19.3 Å². The van der Waals surface area contributed by atoms with Crippen LogP contribution in [0.15, 0.2) is 96.3 Å². The molecule has 1 heterocycles. The number of hydrogen-bond acceptors (Lipinski definition) is 1. The number of rotatable bonds is 3. The Morgan fingerprint density at radius 3 is 2.42 bits per heavy atom. The average Bonchev–Trinajstić information content (AvgIpc) is 2.83. The Morgan fingerprint density at radius 1 is 0.935 bits per heavy atom. The third-order valence-electron chi connectivity index (χ3n) is 5.75. The van der Waals surface area contributed by atoms with Crippen molar-refractivity contribution in [1.82, 2.24) is 0 Å². The standard InChI is InChI=1S/C29H24NP/c1-22-9-6-7-13-27(22)28-19-25(15-14-24(28)20-30)29(2,26-12-8-18-31-21-26)17-16-23-10-4-3-5-11-23/h3-15,19,21,31H,18H2,1-2H3. The van der Waals surface area contributed by atoms with Gasteiger partial charge in [-0.3, -0.25) is 0 Å². The van der Waals surface area contributed by atoms with Crippen LogP contribution in [0.1, 0.15) is 29.2 Å². The van der Waals surface area contributed by atoms with Crippen LogP contribution in [0.4, 0.5) is 0 Å². The van der Waals surface area contributed by atoms with Crippen LogP contribution < -0.4 is 0 Å². The van der Waals surface area contributed by atoms with E-state index in [1.54, 1.807) is 0 Å². The smallest absolute Gasteiger partial charge is 0.0998 e. The fourth-order valence-electron chi connectivity index (χ4n) is 3.86. The first kappa shape index (κ1) is 20.9. The summed E-state index contributed by atoms with van der Waals surface area (Å²) in [4.78, 5) is 0. The van der Waals surface area contributed by atoms with Crippen molar-refractivity contribution >= 4 is 8.58 Å². The summed E-state index contributed by atoms with van der Waals surface area (Å²) in [5.41, 5.74) is 6.77. The highest BCUT2D eigenvalue weighted by molar-refractivity contribution is 7.42. The zero-order valence-electron chi connectivity index (χ0n) is 17.8. The summed E-state index contributed by atoms with van der Waals surface area (Å²) < 4.78 is 0. The van der Waals surface area contributed by atoms with E-state index in [0.29, 0.717) is 5.56 Å². The molecule has 0 aliphatic carbocycles. The van der Waals surface area contributed by atoms with Crippen LogP contribution in [0.5, 0.6) is 0 Å². The lowest BCUT2D eigenvalue weighted by Crippen LogP contribution is -2.23. The molecule has 150 valence electrons. The second-order valence-corrected chi connectivity index (χ2v) is 8.94. The van der Waals surface area contributed by atoms with Gasteiger partial charge in [-0.15, -0.1) is 0 Å². The van der Waals surface area contributed by atoms with Crippen LogP contribution >= 0.6 is 8.58 Å². The van der Waals surface area contributed by atoms with Crippen LogP contribution in [-0.4, -0.2) is 6.16 Å². The fraction of sp³-hybridized carbons (Fsp3) is 0.138. The topological polar surface area (TPSA) is 23.8 Å². The molecule has 4 rings (SSSR count). The Hall–Kier alpha value is -3.38. The molecule has 1 nitrogen and oxygen atoms in total. The number of benzene rings is 3. The monoisotopic (exact) mass is 417 g/mol. The van der Waals surface area contributed by atoms with Gasteiger partial charge in [0.2, 0.25) is 0 Å². The van der Waals surface area contributed by atoms with Crippen molar-refractivity contribution in [3.63, 3.8) is 0 Å². The van der Waals surface area contributed by atoms with Crippen LogP contribution in [-0.2, 0) is 5.41 Å². The van der Waals surface area contributed by atoms with Crippen LogP contribution in [0.2, 0.25) is 0 Å². The van der Waals surface area contributed by atoms with Gasteiger partial charge in [-0.25, -0.2) is 0 Å². The van der Waals surface area contributed by atoms with Gasteiger partial charge in [-0.1, -0.05) is 86.9 Å². The molecule has 3 aromatic rings. The van der Waals surface area contributed by atoms with Crippen molar-refractivity contribution in [1.29, 1.82) is 5.26 Å². The molecule has 0 fully saturated rings. The van der Waals surface area contributed by atoms with E-state index in [0.717, 1.165) is 42.6 Å². The first-order valence-electron chi connectivity index (χ1n) is 10.4. The fourth-order valence-corrected chi connectivity index (χ4v) is 4.84. The van der Waals surface area contributed by atoms with E-state index in [9.17, 15) is 5.26 Å². The minimum atomic E-state index is -0.467. The Kier molecular flexibility index (Phi) is 6.18. The predicted molar refractivity (Wildman–Crippen MR) is 132 cm³/mol. The molecule has 2 atom stereocenters. The van der Waals surface area contributed by atoms with Gasteiger partial charge in [-0.05, 0) is 66.5 Å². The Bertz CT molecular complexity index is 1270. The quantitative estimate of drug-likeness (QED) is 0.333. The van der Waals surface area contributed by atoms with Gasteiger partial charge in [0.15, 0.2) is 0 Å². The van der Waals surface area contributed by atoms with E-state index >= 15 is 0 Å². The third kappa shape index (κ3) is 4.39.